The molecule has 0 saturated carbocycles. The van der Waals surface area contributed by atoms with E-state index < -0.39 is 7.12 Å². The topological polar surface area (TPSA) is 29.5 Å². The molecule has 0 radical (unpaired) electrons. The maximum absolute atomic E-state index is 9.89. The van der Waals surface area contributed by atoms with Crippen LogP contribution in [0.3, 0.4) is 0 Å². The highest BCUT2D eigenvalue weighted by Crippen LogP contribution is 2.12. The van der Waals surface area contributed by atoms with Gasteiger partial charge in [-0.05, 0) is 48.3 Å². The lowest BCUT2D eigenvalue weighted by Crippen LogP contribution is -2.41. The van der Waals surface area contributed by atoms with Crippen molar-refractivity contribution in [1.29, 1.82) is 0 Å². The molecule has 2 nitrogen and oxygen atoms in total. The second-order valence-electron chi connectivity index (χ2n) is 5.50. The van der Waals surface area contributed by atoms with Gasteiger partial charge >= 0.3 is 7.12 Å². The Kier molecular flexibility index (Phi) is 3.90. The Morgan fingerprint density at radius 1 is 1.10 bits per heavy atom. The predicted octanol–water partition coefficient (Wildman–Crippen LogP) is 2.04. The van der Waals surface area contributed by atoms with Gasteiger partial charge in [-0.2, -0.15) is 0 Å². The fraction of sp³-hybridized carbons (Fsp3) is 0.294. The summed E-state index contributed by atoms with van der Waals surface area (Å²) >= 11 is 0. The van der Waals surface area contributed by atoms with Gasteiger partial charge in [-0.3, -0.25) is 0 Å². The first kappa shape index (κ1) is 13.4. The van der Waals surface area contributed by atoms with Crippen molar-refractivity contribution in [3.8, 4) is 0 Å². The third-order valence-electron chi connectivity index (χ3n) is 3.91. The van der Waals surface area contributed by atoms with Crippen LogP contribution < -0.4 is 5.46 Å². The minimum Gasteiger partial charge on any atom is -0.423 e. The molecule has 2 aromatic rings. The largest absolute Gasteiger partial charge is 0.491 e. The second-order valence-corrected chi connectivity index (χ2v) is 5.50. The molecule has 20 heavy (non-hydrogen) atoms. The van der Waals surface area contributed by atoms with Gasteiger partial charge in [0.15, 0.2) is 0 Å². The molecule has 102 valence electrons. The average molecular weight is 266 g/mol. The van der Waals surface area contributed by atoms with Crippen molar-refractivity contribution in [2.24, 2.45) is 0 Å². The molecule has 3 heteroatoms. The summed E-state index contributed by atoms with van der Waals surface area (Å²) in [6, 6.07) is 15.0. The second kappa shape index (κ2) is 5.82. The van der Waals surface area contributed by atoms with Gasteiger partial charge in [-0.1, -0.05) is 48.0 Å². The van der Waals surface area contributed by atoms with E-state index in [2.05, 4.69) is 49.4 Å². The van der Waals surface area contributed by atoms with E-state index in [0.717, 1.165) is 24.7 Å². The lowest BCUT2D eigenvalue weighted by atomic mass is 9.73. The third-order valence-corrected chi connectivity index (χ3v) is 3.91. The molecular formula is C17H19BO2. The zero-order chi connectivity index (χ0) is 13.9. The highest BCUT2D eigenvalue weighted by molar-refractivity contribution is 6.60. The van der Waals surface area contributed by atoms with E-state index in [1.165, 1.54) is 22.3 Å². The van der Waals surface area contributed by atoms with Gasteiger partial charge in [0.2, 0.25) is 0 Å². The van der Waals surface area contributed by atoms with Crippen LogP contribution in [0.1, 0.15) is 22.3 Å². The first-order valence-electron chi connectivity index (χ1n) is 7.19. The summed E-state index contributed by atoms with van der Waals surface area (Å²) in [5.41, 5.74) is 6.08. The van der Waals surface area contributed by atoms with Crippen LogP contribution in [-0.2, 0) is 23.9 Å². The van der Waals surface area contributed by atoms with Crippen molar-refractivity contribution in [3.05, 3.63) is 64.7 Å². The quantitative estimate of drug-likeness (QED) is 0.861. The van der Waals surface area contributed by atoms with Crippen molar-refractivity contribution >= 4 is 12.6 Å². The van der Waals surface area contributed by atoms with Crippen molar-refractivity contribution in [2.45, 2.75) is 26.2 Å². The summed E-state index contributed by atoms with van der Waals surface area (Å²) in [5, 5.41) is 9.89. The number of hydrogen-bond donors (Lipinski definition) is 1. The Labute approximate surface area is 120 Å². The van der Waals surface area contributed by atoms with Crippen molar-refractivity contribution < 1.29 is 9.68 Å². The number of aryl methyl sites for hydroxylation is 3. The maximum atomic E-state index is 9.89. The first-order chi connectivity index (χ1) is 9.72. The van der Waals surface area contributed by atoms with Gasteiger partial charge in [0.05, 0.1) is 0 Å². The molecule has 0 fully saturated rings. The van der Waals surface area contributed by atoms with E-state index in [1.54, 1.807) is 0 Å². The van der Waals surface area contributed by atoms with E-state index >= 15 is 0 Å². The Morgan fingerprint density at radius 3 is 2.70 bits per heavy atom. The van der Waals surface area contributed by atoms with Crippen LogP contribution in [-0.4, -0.2) is 18.7 Å². The molecule has 1 aliphatic rings. The standard InChI is InChI=1S/C17H19BO2/c1-13-3-2-4-14(11-13)5-6-15-7-8-16-9-10-20-18(19)17(16)12-15/h2-4,7-8,11-12,19H,5-6,9-10H2,1H3. The summed E-state index contributed by atoms with van der Waals surface area (Å²) in [6.07, 6.45) is 2.91. The highest BCUT2D eigenvalue weighted by Gasteiger charge is 2.24. The molecule has 0 aromatic heterocycles. The third kappa shape index (κ3) is 2.95. The van der Waals surface area contributed by atoms with Crippen LogP contribution in [0.5, 0.6) is 0 Å². The van der Waals surface area contributed by atoms with Crippen LogP contribution in [0.2, 0.25) is 0 Å². The summed E-state index contributed by atoms with van der Waals surface area (Å²) in [5.74, 6) is 0. The lowest BCUT2D eigenvalue weighted by molar-refractivity contribution is 0.266. The molecule has 0 bridgehead atoms. The van der Waals surface area contributed by atoms with Gasteiger partial charge in [0.1, 0.15) is 0 Å². The van der Waals surface area contributed by atoms with Gasteiger partial charge in [0, 0.05) is 6.61 Å². The molecule has 2 aromatic carbocycles. The zero-order valence-electron chi connectivity index (χ0n) is 11.8. The van der Waals surface area contributed by atoms with Crippen LogP contribution in [0.25, 0.3) is 0 Å². The van der Waals surface area contributed by atoms with E-state index in [9.17, 15) is 5.02 Å². The molecule has 0 atom stereocenters. The monoisotopic (exact) mass is 266 g/mol. The summed E-state index contributed by atoms with van der Waals surface area (Å²) in [6.45, 7) is 2.73. The number of benzene rings is 2. The minimum absolute atomic E-state index is 0.608. The maximum Gasteiger partial charge on any atom is 0.491 e. The minimum atomic E-state index is -0.752. The average Bonchev–Trinajstić information content (AvgIpc) is 2.46. The zero-order valence-corrected chi connectivity index (χ0v) is 11.8. The van der Waals surface area contributed by atoms with Crippen molar-refractivity contribution in [3.63, 3.8) is 0 Å². The van der Waals surface area contributed by atoms with Crippen LogP contribution in [0.4, 0.5) is 0 Å². The molecule has 0 unspecified atom stereocenters. The van der Waals surface area contributed by atoms with Crippen LogP contribution in [0.15, 0.2) is 42.5 Å². The first-order valence-corrected chi connectivity index (χ1v) is 7.19. The number of hydrogen-bond acceptors (Lipinski definition) is 2. The normalized spacial score (nSPS) is 14.2. The van der Waals surface area contributed by atoms with Gasteiger partial charge in [0.25, 0.3) is 0 Å². The Morgan fingerprint density at radius 2 is 1.90 bits per heavy atom. The number of fused-ring (bicyclic) bond motifs is 1. The lowest BCUT2D eigenvalue weighted by Gasteiger charge is -2.19. The molecular weight excluding hydrogens is 247 g/mol. The number of rotatable bonds is 3. The molecule has 0 spiro atoms. The Hall–Kier alpha value is -1.58. The summed E-state index contributed by atoms with van der Waals surface area (Å²) in [4.78, 5) is 0. The van der Waals surface area contributed by atoms with Gasteiger partial charge < -0.3 is 9.68 Å². The van der Waals surface area contributed by atoms with E-state index in [0.29, 0.717) is 6.61 Å². The summed E-state index contributed by atoms with van der Waals surface area (Å²) < 4.78 is 5.29. The van der Waals surface area contributed by atoms with Crippen molar-refractivity contribution in [2.75, 3.05) is 6.61 Å². The fourth-order valence-electron chi connectivity index (χ4n) is 2.78. The molecule has 1 N–H and O–H groups in total. The molecule has 0 saturated heterocycles. The van der Waals surface area contributed by atoms with E-state index in [1.807, 2.05) is 0 Å². The Bertz CT molecular complexity index is 610. The summed E-state index contributed by atoms with van der Waals surface area (Å²) in [7, 11) is -0.752. The van der Waals surface area contributed by atoms with Crippen LogP contribution >= 0.6 is 0 Å². The molecule has 0 aliphatic carbocycles. The van der Waals surface area contributed by atoms with Crippen molar-refractivity contribution in [1.82, 2.24) is 0 Å². The van der Waals surface area contributed by atoms with Gasteiger partial charge in [-0.25, -0.2) is 0 Å². The van der Waals surface area contributed by atoms with E-state index in [4.69, 9.17) is 4.65 Å². The smallest absolute Gasteiger partial charge is 0.423 e. The fourth-order valence-corrected chi connectivity index (χ4v) is 2.78. The molecule has 0 amide bonds. The molecule has 3 rings (SSSR count). The molecule has 1 aliphatic heterocycles. The van der Waals surface area contributed by atoms with E-state index in [-0.39, 0.29) is 0 Å². The molecule has 1 heterocycles. The predicted molar refractivity (Wildman–Crippen MR) is 82.3 cm³/mol. The Balaban J connectivity index is 1.73. The van der Waals surface area contributed by atoms with Crippen LogP contribution in [0, 0.1) is 6.92 Å². The highest BCUT2D eigenvalue weighted by atomic mass is 16.5. The van der Waals surface area contributed by atoms with Gasteiger partial charge in [-0.15, -0.1) is 0 Å². The SMILES string of the molecule is Cc1cccc(CCc2ccc3c(c2)B(O)OCC3)c1.